The molecule has 2 aliphatic carbocycles. The van der Waals surface area contributed by atoms with Crippen molar-refractivity contribution >= 4 is 34.2 Å². The molecule has 2 aliphatic rings. The SMILES string of the molecule is CC[C@H]1[C@@H]2CC[C@@H](C2)[C@H]1NC(=O)CSc1nc2ccccc2c2nc(=O)c(-c3ccc(OC)cc3)nn12. The molecule has 37 heavy (non-hydrogen) atoms. The number of rotatable bonds is 7. The minimum atomic E-state index is -0.419. The van der Waals surface area contributed by atoms with Crippen LogP contribution in [-0.4, -0.2) is 44.4 Å². The smallest absolute Gasteiger partial charge is 0.300 e. The van der Waals surface area contributed by atoms with Gasteiger partial charge in [-0.2, -0.15) is 14.6 Å². The van der Waals surface area contributed by atoms with E-state index in [-0.39, 0.29) is 23.4 Å². The summed E-state index contributed by atoms with van der Waals surface area (Å²) >= 11 is 1.32. The molecule has 0 saturated heterocycles. The van der Waals surface area contributed by atoms with Gasteiger partial charge in [0.05, 0.1) is 18.4 Å². The predicted molar refractivity (Wildman–Crippen MR) is 144 cm³/mol. The second kappa shape index (κ2) is 9.78. The topological polar surface area (TPSA) is 98.5 Å². The van der Waals surface area contributed by atoms with Crippen LogP contribution in [0.5, 0.6) is 5.75 Å². The second-order valence-corrected chi connectivity index (χ2v) is 10.9. The van der Waals surface area contributed by atoms with E-state index in [0.29, 0.717) is 39.5 Å². The quantitative estimate of drug-likeness (QED) is 0.222. The van der Waals surface area contributed by atoms with Gasteiger partial charge < -0.3 is 10.1 Å². The first kappa shape index (κ1) is 23.9. The molecule has 1 amide bonds. The van der Waals surface area contributed by atoms with Gasteiger partial charge in [-0.25, -0.2) is 4.98 Å². The van der Waals surface area contributed by atoms with E-state index in [2.05, 4.69) is 22.3 Å². The Morgan fingerprint density at radius 1 is 1.11 bits per heavy atom. The van der Waals surface area contributed by atoms with Crippen molar-refractivity contribution in [1.82, 2.24) is 24.9 Å². The van der Waals surface area contributed by atoms with Crippen LogP contribution in [0.1, 0.15) is 32.6 Å². The molecule has 2 aromatic heterocycles. The largest absolute Gasteiger partial charge is 0.497 e. The van der Waals surface area contributed by atoms with Crippen LogP contribution in [-0.2, 0) is 4.79 Å². The van der Waals surface area contributed by atoms with Gasteiger partial charge in [-0.15, -0.1) is 0 Å². The summed E-state index contributed by atoms with van der Waals surface area (Å²) in [6.45, 7) is 2.23. The van der Waals surface area contributed by atoms with Gasteiger partial charge in [0, 0.05) is 17.0 Å². The molecule has 2 saturated carbocycles. The third kappa shape index (κ3) is 4.35. The fourth-order valence-corrected chi connectivity index (χ4v) is 6.96. The number of thioether (sulfide) groups is 1. The highest BCUT2D eigenvalue weighted by Gasteiger charge is 2.46. The Hall–Kier alpha value is -3.46. The van der Waals surface area contributed by atoms with Crippen LogP contribution in [0.2, 0.25) is 0 Å². The maximum absolute atomic E-state index is 13.0. The Morgan fingerprint density at radius 3 is 2.68 bits per heavy atom. The average Bonchev–Trinajstić information content (AvgIpc) is 3.53. The highest BCUT2D eigenvalue weighted by Crippen LogP contribution is 2.49. The van der Waals surface area contributed by atoms with E-state index in [1.165, 1.54) is 31.0 Å². The number of nitrogens with one attached hydrogen (secondary N) is 1. The van der Waals surface area contributed by atoms with Gasteiger partial charge in [0.15, 0.2) is 16.5 Å². The standard InChI is InChI=1S/C28H29N5O3S/c1-3-20-17-8-9-18(14-17)24(20)30-23(34)15-37-28-29-22-7-5-4-6-21(22)26-31-27(35)25(32-33(26)28)16-10-12-19(36-2)13-11-16/h4-7,10-13,17-18,20,24H,3,8-9,14-15H2,1-2H3,(H,30,34)/t17-,18+,20+,24-/m1/s1. The molecule has 2 aromatic carbocycles. The van der Waals surface area contributed by atoms with Crippen molar-refractivity contribution in [2.24, 2.45) is 17.8 Å². The van der Waals surface area contributed by atoms with Gasteiger partial charge in [0.2, 0.25) is 5.91 Å². The Morgan fingerprint density at radius 2 is 1.89 bits per heavy atom. The van der Waals surface area contributed by atoms with E-state index in [1.807, 2.05) is 24.3 Å². The van der Waals surface area contributed by atoms with Gasteiger partial charge in [-0.1, -0.05) is 37.2 Å². The van der Waals surface area contributed by atoms with Gasteiger partial charge in [-0.3, -0.25) is 9.59 Å². The summed E-state index contributed by atoms with van der Waals surface area (Å²) in [5.74, 6) is 2.85. The number of hydrogen-bond acceptors (Lipinski definition) is 7. The lowest BCUT2D eigenvalue weighted by Crippen LogP contribution is -2.44. The minimum absolute atomic E-state index is 0.00786. The Labute approximate surface area is 218 Å². The van der Waals surface area contributed by atoms with Crippen molar-refractivity contribution in [3.63, 3.8) is 0 Å². The normalized spacial score (nSPS) is 22.5. The van der Waals surface area contributed by atoms with E-state index in [1.54, 1.807) is 35.9 Å². The fraction of sp³-hybridized carbons (Fsp3) is 0.393. The monoisotopic (exact) mass is 515 g/mol. The number of para-hydroxylation sites is 1. The third-order valence-corrected chi connectivity index (χ3v) is 8.87. The lowest BCUT2D eigenvalue weighted by molar-refractivity contribution is -0.120. The number of fused-ring (bicyclic) bond motifs is 5. The number of ether oxygens (including phenoxy) is 1. The summed E-state index contributed by atoms with van der Waals surface area (Å²) in [4.78, 5) is 35.3. The number of carbonyl (C=O) groups is 1. The zero-order chi connectivity index (χ0) is 25.5. The van der Waals surface area contributed by atoms with E-state index in [9.17, 15) is 9.59 Å². The third-order valence-electron chi connectivity index (χ3n) is 7.94. The van der Waals surface area contributed by atoms with Crippen molar-refractivity contribution in [2.45, 2.75) is 43.8 Å². The van der Waals surface area contributed by atoms with Gasteiger partial charge in [0.25, 0.3) is 5.56 Å². The molecule has 0 spiro atoms. The predicted octanol–water partition coefficient (Wildman–Crippen LogP) is 4.35. The zero-order valence-corrected chi connectivity index (χ0v) is 21.7. The number of aromatic nitrogens is 4. The molecule has 2 bridgehead atoms. The van der Waals surface area contributed by atoms with Crippen LogP contribution in [0, 0.1) is 17.8 Å². The molecule has 0 aliphatic heterocycles. The first-order valence-electron chi connectivity index (χ1n) is 12.8. The molecule has 8 nitrogen and oxygen atoms in total. The molecule has 4 aromatic rings. The Balaban J connectivity index is 1.33. The molecule has 2 fully saturated rings. The molecule has 0 unspecified atom stereocenters. The lowest BCUT2D eigenvalue weighted by atomic mass is 9.83. The molecule has 4 atom stereocenters. The van der Waals surface area contributed by atoms with Crippen LogP contribution < -0.4 is 15.6 Å². The van der Waals surface area contributed by atoms with Crippen molar-refractivity contribution < 1.29 is 9.53 Å². The summed E-state index contributed by atoms with van der Waals surface area (Å²) in [6, 6.07) is 14.9. The van der Waals surface area contributed by atoms with Crippen LogP contribution in [0.15, 0.2) is 58.5 Å². The van der Waals surface area contributed by atoms with E-state index < -0.39 is 5.56 Å². The molecule has 0 radical (unpaired) electrons. The Bertz CT molecular complexity index is 1540. The highest BCUT2D eigenvalue weighted by atomic mass is 32.2. The summed E-state index contributed by atoms with van der Waals surface area (Å²) < 4.78 is 6.82. The molecule has 9 heteroatoms. The van der Waals surface area contributed by atoms with Crippen LogP contribution >= 0.6 is 11.8 Å². The van der Waals surface area contributed by atoms with Gasteiger partial charge in [0.1, 0.15) is 5.75 Å². The number of methoxy groups -OCH3 is 1. The van der Waals surface area contributed by atoms with E-state index in [0.717, 1.165) is 17.7 Å². The zero-order valence-electron chi connectivity index (χ0n) is 20.9. The van der Waals surface area contributed by atoms with E-state index in [4.69, 9.17) is 9.72 Å². The first-order valence-corrected chi connectivity index (χ1v) is 13.8. The number of carbonyl (C=O) groups excluding carboxylic acids is 1. The van der Waals surface area contributed by atoms with Gasteiger partial charge >= 0.3 is 0 Å². The molecule has 1 N–H and O–H groups in total. The molecule has 2 heterocycles. The summed E-state index contributed by atoms with van der Waals surface area (Å²) in [5.41, 5.74) is 1.57. The summed E-state index contributed by atoms with van der Waals surface area (Å²) in [5, 5.41) is 9.25. The minimum Gasteiger partial charge on any atom is -0.497 e. The number of benzene rings is 2. The number of amides is 1. The highest BCUT2D eigenvalue weighted by molar-refractivity contribution is 7.99. The van der Waals surface area contributed by atoms with Crippen molar-refractivity contribution in [2.75, 3.05) is 12.9 Å². The Kier molecular flexibility index (Phi) is 6.32. The number of hydrogen-bond donors (Lipinski definition) is 1. The van der Waals surface area contributed by atoms with Gasteiger partial charge in [-0.05, 0) is 73.4 Å². The summed E-state index contributed by atoms with van der Waals surface area (Å²) in [7, 11) is 1.59. The van der Waals surface area contributed by atoms with Crippen molar-refractivity contribution in [3.05, 3.63) is 58.9 Å². The molecule has 190 valence electrons. The molecular weight excluding hydrogens is 486 g/mol. The average molecular weight is 516 g/mol. The van der Waals surface area contributed by atoms with E-state index >= 15 is 0 Å². The van der Waals surface area contributed by atoms with Crippen LogP contribution in [0.4, 0.5) is 0 Å². The fourth-order valence-electron chi connectivity index (χ4n) is 6.21. The maximum atomic E-state index is 13.0. The van der Waals surface area contributed by atoms with Crippen LogP contribution in [0.25, 0.3) is 27.8 Å². The lowest BCUT2D eigenvalue weighted by Gasteiger charge is -2.31. The first-order chi connectivity index (χ1) is 18.1. The second-order valence-electron chi connectivity index (χ2n) is 9.93. The summed E-state index contributed by atoms with van der Waals surface area (Å²) in [6.07, 6.45) is 4.86. The number of nitrogens with zero attached hydrogens (tertiary/aromatic N) is 4. The molecule has 6 rings (SSSR count). The maximum Gasteiger partial charge on any atom is 0.300 e. The molecular formula is C28H29N5O3S. The van der Waals surface area contributed by atoms with Crippen molar-refractivity contribution in [3.8, 4) is 17.0 Å². The van der Waals surface area contributed by atoms with Crippen molar-refractivity contribution in [1.29, 1.82) is 0 Å². The van der Waals surface area contributed by atoms with Crippen LogP contribution in [0.3, 0.4) is 0 Å².